The molecule has 0 radical (unpaired) electrons. The molecule has 19 heteroatoms. The molecule has 1 aromatic carbocycles. The molecule has 1 heterocycles. The fourth-order valence-electron chi connectivity index (χ4n) is 4.88. The first kappa shape index (κ1) is 41.6. The van der Waals surface area contributed by atoms with Crippen LogP contribution < -0.4 is 37.2 Å². The predicted octanol–water partition coefficient (Wildman–Crippen LogP) is -2.80. The predicted molar refractivity (Wildman–Crippen MR) is 177 cm³/mol. The maximum atomic E-state index is 13.7. The topological polar surface area (TPSA) is 261 Å². The van der Waals surface area contributed by atoms with Gasteiger partial charge in [-0.25, -0.2) is 9.18 Å². The minimum Gasteiger partial charge on any atom is -0.480 e. The minimum absolute atomic E-state index is 0.0175. The molecule has 0 aromatic heterocycles. The summed E-state index contributed by atoms with van der Waals surface area (Å²) in [6, 6.07) is 1.14. The molecule has 0 saturated carbocycles. The van der Waals surface area contributed by atoms with Crippen molar-refractivity contribution in [3.05, 3.63) is 35.6 Å². The molecule has 1 aliphatic heterocycles. The molecule has 8 amide bonds. The summed E-state index contributed by atoms with van der Waals surface area (Å²) in [5.41, 5.74) is 0.449. The second kappa shape index (κ2) is 21.5. The molecule has 2 rings (SSSR count). The maximum absolute atomic E-state index is 13.7. The van der Waals surface area contributed by atoms with Crippen LogP contribution in [0.5, 0.6) is 0 Å². The van der Waals surface area contributed by atoms with Crippen molar-refractivity contribution in [2.24, 2.45) is 0 Å². The van der Waals surface area contributed by atoms with Gasteiger partial charge in [0.05, 0.1) is 26.2 Å². The van der Waals surface area contributed by atoms with Gasteiger partial charge in [0.1, 0.15) is 23.9 Å². The molecule has 0 spiro atoms. The summed E-state index contributed by atoms with van der Waals surface area (Å²) in [5.74, 6) is -7.59. The van der Waals surface area contributed by atoms with E-state index in [-0.39, 0.29) is 45.2 Å². The highest BCUT2D eigenvalue weighted by molar-refractivity contribution is 5.95. The number of rotatable bonds is 8. The van der Waals surface area contributed by atoms with E-state index in [1.807, 2.05) is 0 Å². The summed E-state index contributed by atoms with van der Waals surface area (Å²) in [6.45, 7) is 0.747. The maximum Gasteiger partial charge on any atom is 0.326 e. The second-order valence-corrected chi connectivity index (χ2v) is 11.7. The highest BCUT2D eigenvalue weighted by atomic mass is 19.1. The first-order valence-electron chi connectivity index (χ1n) is 16.4. The van der Waals surface area contributed by atoms with Gasteiger partial charge in [0, 0.05) is 32.9 Å². The van der Waals surface area contributed by atoms with E-state index in [0.717, 1.165) is 17.0 Å². The van der Waals surface area contributed by atoms with Crippen LogP contribution in [0.15, 0.2) is 24.3 Å². The standard InChI is InChI=1S/C32H45FN8O10/c1-3-13-41-18-29(47)40-24(14-20-6-8-21(33)9-7-20)30(48)37-15-26(44)36-17-28(46)39-23(32(50)51)5-4-12-34-25(43)11-10-22(31(41)49)38-27(45)16-35-19(2)42/h6-9,22-24H,3-5,10-18H2,1-2H3,(H,34,43)(H,35,42)(H,36,44)(H,37,48)(H,38,45)(H,39,46)(H,40,47)(H,50,51). The first-order chi connectivity index (χ1) is 24.2. The Kier molecular flexibility index (Phi) is 17.5. The van der Waals surface area contributed by atoms with Gasteiger partial charge in [-0.05, 0) is 43.4 Å². The van der Waals surface area contributed by atoms with Crippen molar-refractivity contribution in [1.82, 2.24) is 42.1 Å². The molecule has 1 saturated heterocycles. The molecule has 3 unspecified atom stereocenters. The summed E-state index contributed by atoms with van der Waals surface area (Å²) >= 11 is 0. The number of carboxylic acids is 1. The minimum atomic E-state index is -1.35. The normalized spacial score (nSPS) is 20.8. The van der Waals surface area contributed by atoms with Crippen molar-refractivity contribution in [2.45, 2.75) is 70.5 Å². The molecule has 3 atom stereocenters. The zero-order chi connectivity index (χ0) is 37.9. The number of nitrogens with one attached hydrogen (secondary N) is 7. The van der Waals surface area contributed by atoms with Gasteiger partial charge < -0.3 is 47.2 Å². The zero-order valence-electron chi connectivity index (χ0n) is 28.5. The van der Waals surface area contributed by atoms with Gasteiger partial charge in [0.2, 0.25) is 47.3 Å². The van der Waals surface area contributed by atoms with E-state index in [2.05, 4.69) is 37.2 Å². The van der Waals surface area contributed by atoms with Crippen LogP contribution in [0.25, 0.3) is 0 Å². The Morgan fingerprint density at radius 3 is 2.24 bits per heavy atom. The molecular weight excluding hydrogens is 675 g/mol. The van der Waals surface area contributed by atoms with Crippen LogP contribution in [0, 0.1) is 5.82 Å². The highest BCUT2D eigenvalue weighted by Gasteiger charge is 2.30. The number of carbonyl (C=O) groups is 9. The summed E-state index contributed by atoms with van der Waals surface area (Å²) in [5, 5.41) is 26.3. The average Bonchev–Trinajstić information content (AvgIpc) is 3.08. The first-order valence-corrected chi connectivity index (χ1v) is 16.4. The molecule has 51 heavy (non-hydrogen) atoms. The third-order valence-electron chi connectivity index (χ3n) is 7.43. The lowest BCUT2D eigenvalue weighted by atomic mass is 10.0. The molecular formula is C32H45FN8O10. The molecule has 18 nitrogen and oxygen atoms in total. The molecule has 1 fully saturated rings. The molecule has 1 aromatic rings. The Morgan fingerprint density at radius 1 is 0.902 bits per heavy atom. The van der Waals surface area contributed by atoms with Crippen molar-refractivity contribution in [1.29, 1.82) is 0 Å². The summed E-state index contributed by atoms with van der Waals surface area (Å²) < 4.78 is 13.5. The lowest BCUT2D eigenvalue weighted by Crippen LogP contribution is -2.55. The van der Waals surface area contributed by atoms with E-state index in [4.69, 9.17) is 0 Å². The number of benzene rings is 1. The van der Waals surface area contributed by atoms with Crippen LogP contribution >= 0.6 is 0 Å². The summed E-state index contributed by atoms with van der Waals surface area (Å²) in [7, 11) is 0. The molecule has 0 aliphatic carbocycles. The second-order valence-electron chi connectivity index (χ2n) is 11.7. The summed E-state index contributed by atoms with van der Waals surface area (Å²) in [6.07, 6.45) is -0.166. The van der Waals surface area contributed by atoms with Gasteiger partial charge in [0.25, 0.3) is 0 Å². The van der Waals surface area contributed by atoms with Crippen LogP contribution in [0.3, 0.4) is 0 Å². The van der Waals surface area contributed by atoms with Gasteiger partial charge >= 0.3 is 5.97 Å². The monoisotopic (exact) mass is 720 g/mol. The number of nitrogens with zero attached hydrogens (tertiary/aromatic N) is 1. The third-order valence-corrected chi connectivity index (χ3v) is 7.43. The van der Waals surface area contributed by atoms with E-state index in [1.54, 1.807) is 6.92 Å². The Hall–Kier alpha value is -5.62. The van der Waals surface area contributed by atoms with Crippen LogP contribution in [-0.2, 0) is 49.6 Å². The van der Waals surface area contributed by atoms with Crippen molar-refractivity contribution < 1.29 is 52.6 Å². The highest BCUT2D eigenvalue weighted by Crippen LogP contribution is 2.09. The summed E-state index contributed by atoms with van der Waals surface area (Å²) in [4.78, 5) is 114. The molecule has 8 N–H and O–H groups in total. The van der Waals surface area contributed by atoms with Crippen LogP contribution in [0.1, 0.15) is 51.5 Å². The van der Waals surface area contributed by atoms with Crippen LogP contribution in [0.4, 0.5) is 4.39 Å². The quantitative estimate of drug-likeness (QED) is 0.137. The van der Waals surface area contributed by atoms with Crippen molar-refractivity contribution in [3.63, 3.8) is 0 Å². The number of amides is 8. The van der Waals surface area contributed by atoms with Crippen molar-refractivity contribution in [2.75, 3.05) is 39.3 Å². The van der Waals surface area contributed by atoms with E-state index in [9.17, 15) is 52.6 Å². The van der Waals surface area contributed by atoms with Crippen LogP contribution in [-0.4, -0.2) is 121 Å². The van der Waals surface area contributed by atoms with E-state index in [1.165, 1.54) is 19.1 Å². The Labute approximate surface area is 293 Å². The number of hydrogen-bond donors (Lipinski definition) is 8. The van der Waals surface area contributed by atoms with E-state index >= 15 is 0 Å². The van der Waals surface area contributed by atoms with Crippen molar-refractivity contribution >= 4 is 53.2 Å². The van der Waals surface area contributed by atoms with Gasteiger partial charge in [-0.15, -0.1) is 0 Å². The molecule has 280 valence electrons. The lowest BCUT2D eigenvalue weighted by molar-refractivity contribution is -0.142. The SMILES string of the molecule is CCCN1CC(=O)NC(Cc2ccc(F)cc2)C(=O)NCC(=O)NCC(=O)NC(C(=O)O)CCCNC(=O)CCC(NC(=O)CNC(C)=O)C1=O. The fourth-order valence-corrected chi connectivity index (χ4v) is 4.88. The number of carboxylic acid groups (broad SMARTS) is 1. The number of hydrogen-bond acceptors (Lipinski definition) is 9. The van der Waals surface area contributed by atoms with Crippen LogP contribution in [0.2, 0.25) is 0 Å². The van der Waals surface area contributed by atoms with Gasteiger partial charge in [-0.2, -0.15) is 0 Å². The van der Waals surface area contributed by atoms with Gasteiger partial charge in [-0.1, -0.05) is 19.1 Å². The molecule has 1 aliphatic rings. The fraction of sp³-hybridized carbons (Fsp3) is 0.531. The zero-order valence-corrected chi connectivity index (χ0v) is 28.5. The lowest BCUT2D eigenvalue weighted by Gasteiger charge is -2.28. The van der Waals surface area contributed by atoms with Crippen molar-refractivity contribution in [3.8, 4) is 0 Å². The molecule has 0 bridgehead atoms. The largest absolute Gasteiger partial charge is 0.480 e. The Morgan fingerprint density at radius 2 is 1.59 bits per heavy atom. The van der Waals surface area contributed by atoms with E-state index in [0.29, 0.717) is 12.0 Å². The van der Waals surface area contributed by atoms with E-state index < -0.39 is 103 Å². The number of carbonyl (C=O) groups excluding carboxylic acids is 8. The number of aliphatic carboxylic acids is 1. The van der Waals surface area contributed by atoms with Gasteiger partial charge in [-0.3, -0.25) is 38.4 Å². The average molecular weight is 721 g/mol. The third kappa shape index (κ3) is 16.1. The Bertz CT molecular complexity index is 1440. The Balaban J connectivity index is 2.37. The number of halogens is 1. The smallest absolute Gasteiger partial charge is 0.326 e. The van der Waals surface area contributed by atoms with Gasteiger partial charge in [0.15, 0.2) is 0 Å².